The van der Waals surface area contributed by atoms with Crippen molar-refractivity contribution in [3.8, 4) is 56.8 Å². The van der Waals surface area contributed by atoms with Gasteiger partial charge in [-0.15, -0.1) is 0 Å². The van der Waals surface area contributed by atoms with Gasteiger partial charge in [0, 0.05) is 43.3 Å². The molecule has 1 spiro atoms. The molecule has 0 saturated carbocycles. The molecule has 1 aliphatic carbocycles. The summed E-state index contributed by atoms with van der Waals surface area (Å²) in [6.07, 6.45) is 0. The summed E-state index contributed by atoms with van der Waals surface area (Å²) in [6, 6.07) is 68.3. The van der Waals surface area contributed by atoms with Gasteiger partial charge in [-0.3, -0.25) is 0 Å². The monoisotopic (exact) mass is 760 g/mol. The molecule has 0 atom stereocenters. The number of fused-ring (bicyclic) bond motifs is 11. The zero-order valence-corrected chi connectivity index (χ0v) is 31.9. The van der Waals surface area contributed by atoms with E-state index in [-0.39, 0.29) is 0 Å². The number of hydrogen-bond acceptors (Lipinski definition) is 6. The predicted molar refractivity (Wildman–Crippen MR) is 232 cm³/mol. The molecule has 0 amide bonds. The molecule has 3 heterocycles. The number of rotatable bonds is 4. The standard InChI is InChI=1S/C52H32N4OS/c1-2-14-33(15-3-1)49-53-50(34-26-29-36(30-27-34)56-43-21-9-12-24-47(43)58-48-25-13-10-22-44(48)56)55-51(54-49)35-28-31-46-42(32-35)52(41-20-8-11-23-45(41)57-46)39-18-6-4-16-37(39)38-17-5-7-19-40(38)52/h1-32H. The van der Waals surface area contributed by atoms with E-state index in [1.807, 2.05) is 48.2 Å². The Bertz CT molecular complexity index is 3000. The third-order valence-corrected chi connectivity index (χ3v) is 12.7. The van der Waals surface area contributed by atoms with Crippen molar-refractivity contribution < 1.29 is 4.74 Å². The van der Waals surface area contributed by atoms with E-state index in [1.165, 1.54) is 32.0 Å². The zero-order chi connectivity index (χ0) is 38.2. The first-order valence-corrected chi connectivity index (χ1v) is 20.3. The average Bonchev–Trinajstić information content (AvgIpc) is 3.59. The minimum atomic E-state index is -0.592. The van der Waals surface area contributed by atoms with Crippen LogP contribution >= 0.6 is 11.8 Å². The van der Waals surface area contributed by atoms with Gasteiger partial charge in [0.1, 0.15) is 11.5 Å². The molecule has 2 aliphatic heterocycles. The third kappa shape index (κ3) is 4.88. The van der Waals surface area contributed by atoms with Crippen LogP contribution in [0.1, 0.15) is 22.3 Å². The highest BCUT2D eigenvalue weighted by Gasteiger charge is 2.51. The maximum Gasteiger partial charge on any atom is 0.164 e. The van der Waals surface area contributed by atoms with E-state index >= 15 is 0 Å². The highest BCUT2D eigenvalue weighted by atomic mass is 32.2. The maximum absolute atomic E-state index is 6.72. The topological polar surface area (TPSA) is 51.1 Å². The van der Waals surface area contributed by atoms with Crippen molar-refractivity contribution >= 4 is 28.8 Å². The minimum absolute atomic E-state index is 0.592. The summed E-state index contributed by atoms with van der Waals surface area (Å²) in [6.45, 7) is 0. The van der Waals surface area contributed by atoms with Gasteiger partial charge in [-0.2, -0.15) is 0 Å². The average molecular weight is 761 g/mol. The fraction of sp³-hybridized carbons (Fsp3) is 0.0192. The van der Waals surface area contributed by atoms with E-state index in [9.17, 15) is 0 Å². The number of ether oxygens (including phenoxy) is 1. The highest BCUT2D eigenvalue weighted by molar-refractivity contribution is 7.99. The lowest BCUT2D eigenvalue weighted by atomic mass is 9.66. The van der Waals surface area contributed by atoms with E-state index < -0.39 is 5.41 Å². The van der Waals surface area contributed by atoms with Crippen LogP contribution in [0.3, 0.4) is 0 Å². The van der Waals surface area contributed by atoms with Crippen LogP contribution < -0.4 is 9.64 Å². The summed E-state index contributed by atoms with van der Waals surface area (Å²) in [5.41, 5.74) is 12.7. The van der Waals surface area contributed by atoms with Crippen molar-refractivity contribution in [2.75, 3.05) is 4.90 Å². The van der Waals surface area contributed by atoms with E-state index in [0.29, 0.717) is 17.5 Å². The molecule has 0 fully saturated rings. The molecule has 9 aromatic rings. The quantitative estimate of drug-likeness (QED) is 0.178. The van der Waals surface area contributed by atoms with Crippen LogP contribution in [0, 0.1) is 0 Å². The lowest BCUT2D eigenvalue weighted by Crippen LogP contribution is -2.32. The molecular formula is C52H32N4OS. The number of aromatic nitrogens is 3. The van der Waals surface area contributed by atoms with Crippen LogP contribution in [0.2, 0.25) is 0 Å². The van der Waals surface area contributed by atoms with Gasteiger partial charge >= 0.3 is 0 Å². The molecule has 272 valence electrons. The number of hydrogen-bond donors (Lipinski definition) is 0. The molecule has 0 bridgehead atoms. The third-order valence-electron chi connectivity index (χ3n) is 11.6. The highest BCUT2D eigenvalue weighted by Crippen LogP contribution is 2.62. The van der Waals surface area contributed by atoms with Crippen LogP contribution in [0.25, 0.3) is 45.3 Å². The van der Waals surface area contributed by atoms with E-state index in [0.717, 1.165) is 56.4 Å². The Kier molecular flexibility index (Phi) is 7.31. The maximum atomic E-state index is 6.72. The fourth-order valence-corrected chi connectivity index (χ4v) is 10.1. The van der Waals surface area contributed by atoms with Crippen molar-refractivity contribution in [3.05, 3.63) is 216 Å². The van der Waals surface area contributed by atoms with E-state index in [2.05, 4.69) is 163 Å². The number of anilines is 3. The van der Waals surface area contributed by atoms with Gasteiger partial charge in [0.05, 0.1) is 16.8 Å². The number of benzene rings is 8. The molecule has 8 aromatic carbocycles. The molecule has 1 aromatic heterocycles. The van der Waals surface area contributed by atoms with Gasteiger partial charge in [0.2, 0.25) is 0 Å². The van der Waals surface area contributed by atoms with Crippen molar-refractivity contribution in [1.29, 1.82) is 0 Å². The summed E-state index contributed by atoms with van der Waals surface area (Å²) in [5, 5.41) is 0. The van der Waals surface area contributed by atoms with Crippen LogP contribution in [-0.4, -0.2) is 15.0 Å². The smallest absolute Gasteiger partial charge is 0.164 e. The first-order chi connectivity index (χ1) is 28.7. The normalized spacial score (nSPS) is 13.7. The Balaban J connectivity index is 1.02. The fourth-order valence-electron chi connectivity index (χ4n) is 9.09. The summed E-state index contributed by atoms with van der Waals surface area (Å²) in [5.74, 6) is 3.51. The first-order valence-electron chi connectivity index (χ1n) is 19.4. The van der Waals surface area contributed by atoms with Crippen LogP contribution in [-0.2, 0) is 5.41 Å². The van der Waals surface area contributed by atoms with Crippen molar-refractivity contribution in [2.24, 2.45) is 0 Å². The Morgan fingerprint density at radius 2 is 0.879 bits per heavy atom. The Hall–Kier alpha value is -7.28. The van der Waals surface area contributed by atoms with E-state index in [4.69, 9.17) is 19.7 Å². The summed E-state index contributed by atoms with van der Waals surface area (Å²) >= 11 is 1.81. The zero-order valence-electron chi connectivity index (χ0n) is 31.1. The summed E-state index contributed by atoms with van der Waals surface area (Å²) in [4.78, 5) is 20.3. The van der Waals surface area contributed by atoms with Gasteiger partial charge in [-0.05, 0) is 95.1 Å². The molecule has 0 N–H and O–H groups in total. The van der Waals surface area contributed by atoms with Gasteiger partial charge in [0.25, 0.3) is 0 Å². The second-order valence-corrected chi connectivity index (χ2v) is 15.8. The lowest BCUT2D eigenvalue weighted by molar-refractivity contribution is 0.436. The Labute approximate surface area is 340 Å². The molecule has 0 unspecified atom stereocenters. The molecule has 12 rings (SSSR count). The summed E-state index contributed by atoms with van der Waals surface area (Å²) in [7, 11) is 0. The number of nitrogens with zero attached hydrogens (tertiary/aromatic N) is 4. The number of para-hydroxylation sites is 3. The van der Waals surface area contributed by atoms with Crippen LogP contribution in [0.5, 0.6) is 11.5 Å². The Morgan fingerprint density at radius 1 is 0.397 bits per heavy atom. The Morgan fingerprint density at radius 3 is 1.53 bits per heavy atom. The molecule has 0 radical (unpaired) electrons. The van der Waals surface area contributed by atoms with Gasteiger partial charge < -0.3 is 9.64 Å². The van der Waals surface area contributed by atoms with Gasteiger partial charge in [-0.25, -0.2) is 15.0 Å². The van der Waals surface area contributed by atoms with Crippen LogP contribution in [0.15, 0.2) is 204 Å². The predicted octanol–water partition coefficient (Wildman–Crippen LogP) is 13.3. The van der Waals surface area contributed by atoms with Gasteiger partial charge in [-0.1, -0.05) is 133 Å². The minimum Gasteiger partial charge on any atom is -0.457 e. The van der Waals surface area contributed by atoms with Crippen molar-refractivity contribution in [3.63, 3.8) is 0 Å². The van der Waals surface area contributed by atoms with Crippen molar-refractivity contribution in [1.82, 2.24) is 15.0 Å². The lowest BCUT2D eigenvalue weighted by Gasteiger charge is -2.39. The van der Waals surface area contributed by atoms with E-state index in [1.54, 1.807) is 0 Å². The molecular weight excluding hydrogens is 729 g/mol. The second kappa shape index (κ2) is 12.9. The molecule has 3 aliphatic rings. The SMILES string of the molecule is c1ccc(-c2nc(-c3ccc(N4c5ccccc5Sc5ccccc54)cc3)nc(-c3ccc4c(c3)C3(c5ccccc5O4)c4ccccc4-c4ccccc43)n2)cc1. The molecule has 5 nitrogen and oxygen atoms in total. The van der Waals surface area contributed by atoms with Crippen LogP contribution in [0.4, 0.5) is 17.1 Å². The molecule has 6 heteroatoms. The molecule has 0 saturated heterocycles. The largest absolute Gasteiger partial charge is 0.457 e. The van der Waals surface area contributed by atoms with Crippen molar-refractivity contribution in [2.45, 2.75) is 15.2 Å². The second-order valence-electron chi connectivity index (χ2n) is 14.7. The first kappa shape index (κ1) is 32.9. The van der Waals surface area contributed by atoms with Gasteiger partial charge in [0.15, 0.2) is 17.5 Å². The summed E-state index contributed by atoms with van der Waals surface area (Å²) < 4.78 is 6.72. The molecule has 58 heavy (non-hydrogen) atoms.